The van der Waals surface area contributed by atoms with E-state index in [0.717, 1.165) is 29.5 Å². The Balaban J connectivity index is 1.54. The molecule has 1 unspecified atom stereocenters. The number of hydrogen-bond acceptors (Lipinski definition) is 3. The molecule has 0 radical (unpaired) electrons. The van der Waals surface area contributed by atoms with Gasteiger partial charge in [-0.25, -0.2) is 8.91 Å². The fourth-order valence-corrected chi connectivity index (χ4v) is 4.24. The third kappa shape index (κ3) is 4.04. The van der Waals surface area contributed by atoms with Crippen molar-refractivity contribution < 1.29 is 9.18 Å². The van der Waals surface area contributed by atoms with Gasteiger partial charge in [0.25, 0.3) is 11.5 Å². The molecule has 2 N–H and O–H groups in total. The van der Waals surface area contributed by atoms with E-state index in [1.54, 1.807) is 24.4 Å². The van der Waals surface area contributed by atoms with Crippen LogP contribution >= 0.6 is 11.6 Å². The van der Waals surface area contributed by atoms with Crippen molar-refractivity contribution in [2.45, 2.75) is 38.6 Å². The number of benzene rings is 2. The number of amides is 1. The Morgan fingerprint density at radius 1 is 1.24 bits per heavy atom. The number of carbonyl (C=O) groups excluding carboxylic acids is 1. The molecular formula is C25H22ClFN4O2. The van der Waals surface area contributed by atoms with Gasteiger partial charge in [0.2, 0.25) is 0 Å². The number of H-pyrrole nitrogens is 1. The zero-order valence-electron chi connectivity index (χ0n) is 18.2. The van der Waals surface area contributed by atoms with E-state index in [2.05, 4.69) is 15.4 Å². The average Bonchev–Trinajstić information content (AvgIpc) is 3.55. The summed E-state index contributed by atoms with van der Waals surface area (Å²) in [5, 5.41) is 8.12. The van der Waals surface area contributed by atoms with Crippen LogP contribution in [0.5, 0.6) is 0 Å². The molecule has 1 saturated carbocycles. The highest BCUT2D eigenvalue weighted by molar-refractivity contribution is 6.31. The van der Waals surface area contributed by atoms with Gasteiger partial charge >= 0.3 is 0 Å². The maximum Gasteiger partial charge on any atom is 0.275 e. The Bertz CT molecular complexity index is 1440. The predicted molar refractivity (Wildman–Crippen MR) is 125 cm³/mol. The second-order valence-corrected chi connectivity index (χ2v) is 8.94. The maximum atomic E-state index is 13.2. The van der Waals surface area contributed by atoms with Gasteiger partial charge < -0.3 is 10.3 Å². The molecule has 33 heavy (non-hydrogen) atoms. The zero-order valence-corrected chi connectivity index (χ0v) is 18.9. The van der Waals surface area contributed by atoms with Gasteiger partial charge in [0.15, 0.2) is 5.82 Å². The standard InChI is InChI=1S/C25H22ClFN4O2/c1-13-3-4-17(11-20(13)26)23-29-25(33)22-21(16-5-6-16)19(12-31(22)30-23)24(32)28-14(2)15-7-9-18(27)10-8-15/h3-4,7-12,14,16H,5-6H2,1-2H3,(H,28,32)(H,29,30,33). The molecule has 8 heteroatoms. The molecule has 1 amide bonds. The van der Waals surface area contributed by atoms with Crippen molar-refractivity contribution in [2.24, 2.45) is 0 Å². The Labute approximate surface area is 194 Å². The maximum absolute atomic E-state index is 13.2. The second-order valence-electron chi connectivity index (χ2n) is 8.54. The van der Waals surface area contributed by atoms with Crippen LogP contribution in [0, 0.1) is 12.7 Å². The molecule has 2 aromatic carbocycles. The van der Waals surface area contributed by atoms with E-state index in [1.165, 1.54) is 16.6 Å². The van der Waals surface area contributed by atoms with E-state index in [9.17, 15) is 14.0 Å². The third-order valence-electron chi connectivity index (χ3n) is 6.07. The number of nitrogens with one attached hydrogen (secondary N) is 2. The molecule has 1 aliphatic rings. The minimum absolute atomic E-state index is 0.152. The minimum Gasteiger partial charge on any atom is -0.345 e. The van der Waals surface area contributed by atoms with Crippen LogP contribution < -0.4 is 10.9 Å². The fraction of sp³-hybridized carbons (Fsp3) is 0.240. The van der Waals surface area contributed by atoms with E-state index < -0.39 is 0 Å². The second kappa shape index (κ2) is 8.15. The molecule has 1 aliphatic carbocycles. The van der Waals surface area contributed by atoms with Crippen molar-refractivity contribution in [2.75, 3.05) is 0 Å². The summed E-state index contributed by atoms with van der Waals surface area (Å²) in [6.45, 7) is 3.74. The average molecular weight is 465 g/mol. The first-order chi connectivity index (χ1) is 15.8. The van der Waals surface area contributed by atoms with E-state index >= 15 is 0 Å². The summed E-state index contributed by atoms with van der Waals surface area (Å²) in [5.41, 5.74) is 3.64. The molecule has 1 fully saturated rings. The molecule has 4 aromatic rings. The van der Waals surface area contributed by atoms with Crippen molar-refractivity contribution in [1.82, 2.24) is 19.9 Å². The lowest BCUT2D eigenvalue weighted by Crippen LogP contribution is -2.27. The highest BCUT2D eigenvalue weighted by Crippen LogP contribution is 2.43. The first-order valence-corrected chi connectivity index (χ1v) is 11.2. The number of fused-ring (bicyclic) bond motifs is 1. The van der Waals surface area contributed by atoms with Gasteiger partial charge in [-0.15, -0.1) is 5.10 Å². The van der Waals surface area contributed by atoms with Gasteiger partial charge in [-0.2, -0.15) is 0 Å². The van der Waals surface area contributed by atoms with Gasteiger partial charge in [0.1, 0.15) is 11.3 Å². The van der Waals surface area contributed by atoms with Crippen molar-refractivity contribution in [3.05, 3.63) is 92.1 Å². The quantitative estimate of drug-likeness (QED) is 0.428. The largest absolute Gasteiger partial charge is 0.345 e. The zero-order chi connectivity index (χ0) is 23.3. The molecule has 2 heterocycles. The van der Waals surface area contributed by atoms with Gasteiger partial charge in [-0.3, -0.25) is 9.59 Å². The number of aryl methyl sites for hydroxylation is 1. The molecule has 0 saturated heterocycles. The number of hydrogen-bond donors (Lipinski definition) is 2. The normalized spacial score (nSPS) is 14.4. The predicted octanol–water partition coefficient (Wildman–Crippen LogP) is 5.16. The van der Waals surface area contributed by atoms with Crippen molar-refractivity contribution in [3.63, 3.8) is 0 Å². The lowest BCUT2D eigenvalue weighted by molar-refractivity contribution is 0.0939. The molecular weight excluding hydrogens is 443 g/mol. The van der Waals surface area contributed by atoms with E-state index in [1.807, 2.05) is 26.0 Å². The number of aromatic nitrogens is 3. The molecule has 168 valence electrons. The minimum atomic E-state index is -0.331. The summed E-state index contributed by atoms with van der Waals surface area (Å²) in [4.78, 5) is 29.1. The molecule has 0 spiro atoms. The van der Waals surface area contributed by atoms with E-state index in [4.69, 9.17) is 11.6 Å². The topological polar surface area (TPSA) is 79.3 Å². The molecule has 5 rings (SSSR count). The van der Waals surface area contributed by atoms with Crippen LogP contribution in [0.4, 0.5) is 4.39 Å². The molecule has 2 aromatic heterocycles. The highest BCUT2D eigenvalue weighted by atomic mass is 35.5. The summed E-state index contributed by atoms with van der Waals surface area (Å²) in [7, 11) is 0. The highest BCUT2D eigenvalue weighted by Gasteiger charge is 2.33. The van der Waals surface area contributed by atoms with Crippen LogP contribution in [0.15, 0.2) is 53.5 Å². The van der Waals surface area contributed by atoms with Crippen LogP contribution in [0.2, 0.25) is 5.02 Å². The van der Waals surface area contributed by atoms with Gasteiger partial charge in [0, 0.05) is 22.3 Å². The lowest BCUT2D eigenvalue weighted by atomic mass is 10.0. The summed E-state index contributed by atoms with van der Waals surface area (Å²) in [6.07, 6.45) is 3.45. The number of aromatic amines is 1. The van der Waals surface area contributed by atoms with Crippen molar-refractivity contribution >= 4 is 23.0 Å². The molecule has 6 nitrogen and oxygen atoms in total. The number of carbonyl (C=O) groups is 1. The first kappa shape index (κ1) is 21.4. The van der Waals surface area contributed by atoms with Crippen LogP contribution in [0.3, 0.4) is 0 Å². The van der Waals surface area contributed by atoms with Crippen molar-refractivity contribution in [3.8, 4) is 11.4 Å². The number of nitrogens with zero attached hydrogens (tertiary/aromatic N) is 2. The number of halogens is 2. The van der Waals surface area contributed by atoms with E-state index in [-0.39, 0.29) is 29.2 Å². The molecule has 0 bridgehead atoms. The number of rotatable bonds is 5. The van der Waals surface area contributed by atoms with Crippen LogP contribution in [0.25, 0.3) is 16.9 Å². The fourth-order valence-electron chi connectivity index (χ4n) is 4.06. The Morgan fingerprint density at radius 2 is 1.97 bits per heavy atom. The van der Waals surface area contributed by atoms with Crippen LogP contribution in [-0.2, 0) is 0 Å². The SMILES string of the molecule is Cc1ccc(-c2nn3cc(C(=O)NC(C)c4ccc(F)cc4)c(C4CC4)c3c(=O)[nH]2)cc1Cl. The Kier molecular flexibility index (Phi) is 5.29. The monoisotopic (exact) mass is 464 g/mol. The van der Waals surface area contributed by atoms with Crippen LogP contribution in [-0.4, -0.2) is 20.5 Å². The summed E-state index contributed by atoms with van der Waals surface area (Å²) < 4.78 is 14.7. The van der Waals surface area contributed by atoms with Crippen LogP contribution in [0.1, 0.15) is 58.8 Å². The summed E-state index contributed by atoms with van der Waals surface area (Å²) in [5.74, 6) is -0.0978. The molecule has 0 aliphatic heterocycles. The van der Waals surface area contributed by atoms with E-state index in [0.29, 0.717) is 27.5 Å². The van der Waals surface area contributed by atoms with Gasteiger partial charge in [-0.05, 0) is 61.9 Å². The molecule has 1 atom stereocenters. The van der Waals surface area contributed by atoms with Gasteiger partial charge in [-0.1, -0.05) is 35.9 Å². The van der Waals surface area contributed by atoms with Crippen molar-refractivity contribution in [1.29, 1.82) is 0 Å². The summed E-state index contributed by atoms with van der Waals surface area (Å²) >= 11 is 6.25. The Hall–Kier alpha value is -3.45. The Morgan fingerprint density at radius 3 is 2.64 bits per heavy atom. The van der Waals surface area contributed by atoms with Gasteiger partial charge in [0.05, 0.1) is 11.6 Å². The smallest absolute Gasteiger partial charge is 0.275 e. The first-order valence-electron chi connectivity index (χ1n) is 10.8. The third-order valence-corrected chi connectivity index (χ3v) is 6.48. The lowest BCUT2D eigenvalue weighted by Gasteiger charge is -2.14. The summed E-state index contributed by atoms with van der Waals surface area (Å²) in [6, 6.07) is 11.1.